The summed E-state index contributed by atoms with van der Waals surface area (Å²) in [5, 5.41) is 12.0. The highest BCUT2D eigenvalue weighted by Gasteiger charge is 2.34. The number of hydrogen-bond donors (Lipinski definition) is 2. The molecule has 0 aliphatic carbocycles. The number of amides is 3. The van der Waals surface area contributed by atoms with Crippen LogP contribution >= 0.6 is 0 Å². The minimum Gasteiger partial charge on any atom is -0.481 e. The monoisotopic (exact) mass is 422 g/mol. The molecule has 7 heteroatoms. The molecular formula is C24H26N2O5. The number of carboxylic acid groups (broad SMARTS) is 1. The zero-order valence-electron chi connectivity index (χ0n) is 17.3. The molecule has 0 radical (unpaired) electrons. The summed E-state index contributed by atoms with van der Waals surface area (Å²) in [6, 6.07) is 16.1. The molecule has 1 aliphatic rings. The van der Waals surface area contributed by atoms with Gasteiger partial charge in [0.2, 0.25) is 5.91 Å². The Morgan fingerprint density at radius 3 is 2.10 bits per heavy atom. The molecule has 1 heterocycles. The third-order valence-corrected chi connectivity index (χ3v) is 5.40. The molecule has 31 heavy (non-hydrogen) atoms. The van der Waals surface area contributed by atoms with Gasteiger partial charge in [-0.15, -0.1) is 0 Å². The predicted octanol–water partition coefficient (Wildman–Crippen LogP) is 3.22. The van der Waals surface area contributed by atoms with Gasteiger partial charge < -0.3 is 10.4 Å². The lowest BCUT2D eigenvalue weighted by Crippen LogP contribution is -2.31. The zero-order chi connectivity index (χ0) is 22.2. The first kappa shape index (κ1) is 22.2. The van der Waals surface area contributed by atoms with Crippen LogP contribution in [0.15, 0.2) is 54.6 Å². The van der Waals surface area contributed by atoms with Crippen molar-refractivity contribution in [1.29, 1.82) is 0 Å². The van der Waals surface area contributed by atoms with Gasteiger partial charge in [0.25, 0.3) is 11.8 Å². The molecule has 162 valence electrons. The van der Waals surface area contributed by atoms with E-state index in [0.717, 1.165) is 5.56 Å². The Morgan fingerprint density at radius 2 is 1.48 bits per heavy atom. The Morgan fingerprint density at radius 1 is 0.871 bits per heavy atom. The molecule has 1 atom stereocenters. The van der Waals surface area contributed by atoms with Crippen LogP contribution in [0.1, 0.15) is 64.3 Å². The number of nitrogens with zero attached hydrogens (tertiary/aromatic N) is 1. The van der Waals surface area contributed by atoms with E-state index in [4.69, 9.17) is 5.11 Å². The molecule has 3 amide bonds. The minimum absolute atomic E-state index is 0.0510. The van der Waals surface area contributed by atoms with Gasteiger partial charge in [0.1, 0.15) is 0 Å². The quantitative estimate of drug-likeness (QED) is 0.427. The highest BCUT2D eigenvalue weighted by Crippen LogP contribution is 2.23. The fraction of sp³-hybridized carbons (Fsp3) is 0.333. The topological polar surface area (TPSA) is 104 Å². The van der Waals surface area contributed by atoms with E-state index in [1.807, 2.05) is 30.3 Å². The number of carboxylic acids is 1. The molecule has 0 unspecified atom stereocenters. The first-order valence-corrected chi connectivity index (χ1v) is 10.5. The molecule has 0 saturated heterocycles. The van der Waals surface area contributed by atoms with Crippen molar-refractivity contribution in [2.24, 2.45) is 0 Å². The molecule has 0 spiro atoms. The SMILES string of the molecule is O=C(O)C[C@@H](CNC(=O)CCCCCN1C(=O)c2ccccc2C1=O)c1ccccc1. The zero-order valence-corrected chi connectivity index (χ0v) is 17.3. The van der Waals surface area contributed by atoms with Gasteiger partial charge >= 0.3 is 5.97 Å². The fourth-order valence-electron chi connectivity index (χ4n) is 3.74. The van der Waals surface area contributed by atoms with Crippen LogP contribution in [0, 0.1) is 0 Å². The third-order valence-electron chi connectivity index (χ3n) is 5.40. The van der Waals surface area contributed by atoms with Crippen LogP contribution in [0.2, 0.25) is 0 Å². The van der Waals surface area contributed by atoms with Gasteiger partial charge in [-0.05, 0) is 30.5 Å². The summed E-state index contributed by atoms with van der Waals surface area (Å²) < 4.78 is 0. The Bertz CT molecular complexity index is 922. The summed E-state index contributed by atoms with van der Waals surface area (Å²) in [6.45, 7) is 0.604. The maximum atomic E-state index is 12.3. The van der Waals surface area contributed by atoms with Crippen LogP contribution in [0.5, 0.6) is 0 Å². The van der Waals surface area contributed by atoms with Gasteiger partial charge in [-0.25, -0.2) is 0 Å². The van der Waals surface area contributed by atoms with Gasteiger partial charge in [-0.1, -0.05) is 48.9 Å². The number of aliphatic carboxylic acids is 1. The van der Waals surface area contributed by atoms with Crippen molar-refractivity contribution in [2.45, 2.75) is 38.0 Å². The Balaban J connectivity index is 1.37. The van der Waals surface area contributed by atoms with Crippen molar-refractivity contribution >= 4 is 23.7 Å². The molecule has 0 bridgehead atoms. The summed E-state index contributed by atoms with van der Waals surface area (Å²) in [5.41, 5.74) is 1.77. The maximum absolute atomic E-state index is 12.3. The van der Waals surface area contributed by atoms with Crippen LogP contribution in [0.4, 0.5) is 0 Å². The minimum atomic E-state index is -0.906. The van der Waals surface area contributed by atoms with Crippen molar-refractivity contribution in [3.63, 3.8) is 0 Å². The second kappa shape index (κ2) is 10.5. The van der Waals surface area contributed by atoms with Crippen molar-refractivity contribution in [3.05, 3.63) is 71.3 Å². The molecule has 3 rings (SSSR count). The predicted molar refractivity (Wildman–Crippen MR) is 115 cm³/mol. The van der Waals surface area contributed by atoms with Crippen molar-refractivity contribution in [2.75, 3.05) is 13.1 Å². The normalized spacial score (nSPS) is 13.7. The van der Waals surface area contributed by atoms with E-state index in [1.54, 1.807) is 24.3 Å². The molecule has 7 nitrogen and oxygen atoms in total. The summed E-state index contributed by atoms with van der Waals surface area (Å²) in [4.78, 5) is 49.2. The number of rotatable bonds is 11. The Hall–Kier alpha value is -3.48. The van der Waals surface area contributed by atoms with Crippen LogP contribution in [-0.4, -0.2) is 46.8 Å². The second-order valence-corrected chi connectivity index (χ2v) is 7.63. The molecule has 0 saturated carbocycles. The average molecular weight is 422 g/mol. The number of hydrogen-bond acceptors (Lipinski definition) is 4. The number of carbonyl (C=O) groups excluding carboxylic acids is 3. The van der Waals surface area contributed by atoms with Crippen LogP contribution < -0.4 is 5.32 Å². The van der Waals surface area contributed by atoms with Crippen molar-refractivity contribution < 1.29 is 24.3 Å². The number of fused-ring (bicyclic) bond motifs is 1. The van der Waals surface area contributed by atoms with Crippen LogP contribution in [-0.2, 0) is 9.59 Å². The van der Waals surface area contributed by atoms with E-state index in [2.05, 4.69) is 5.32 Å². The van der Waals surface area contributed by atoms with E-state index in [0.29, 0.717) is 43.4 Å². The third kappa shape index (κ3) is 5.78. The number of carbonyl (C=O) groups is 4. The lowest BCUT2D eigenvalue weighted by Gasteiger charge is -2.16. The molecule has 1 aliphatic heterocycles. The Labute approximate surface area is 181 Å². The summed E-state index contributed by atoms with van der Waals surface area (Å²) in [7, 11) is 0. The Kier molecular flexibility index (Phi) is 7.54. The first-order valence-electron chi connectivity index (χ1n) is 10.5. The van der Waals surface area contributed by atoms with E-state index < -0.39 is 5.97 Å². The van der Waals surface area contributed by atoms with Gasteiger partial charge in [-0.2, -0.15) is 0 Å². The lowest BCUT2D eigenvalue weighted by molar-refractivity contribution is -0.137. The highest BCUT2D eigenvalue weighted by molar-refractivity contribution is 6.21. The molecule has 2 N–H and O–H groups in total. The number of imide groups is 1. The van der Waals surface area contributed by atoms with Crippen LogP contribution in [0.3, 0.4) is 0 Å². The van der Waals surface area contributed by atoms with Crippen molar-refractivity contribution in [3.8, 4) is 0 Å². The van der Waals surface area contributed by atoms with E-state index in [9.17, 15) is 19.2 Å². The lowest BCUT2D eigenvalue weighted by atomic mass is 9.95. The maximum Gasteiger partial charge on any atom is 0.304 e. The van der Waals surface area contributed by atoms with Gasteiger partial charge in [0.15, 0.2) is 0 Å². The van der Waals surface area contributed by atoms with E-state index >= 15 is 0 Å². The molecule has 0 fully saturated rings. The van der Waals surface area contributed by atoms with E-state index in [1.165, 1.54) is 4.90 Å². The van der Waals surface area contributed by atoms with Gasteiger partial charge in [0.05, 0.1) is 17.5 Å². The smallest absolute Gasteiger partial charge is 0.304 e. The summed E-state index contributed by atoms with van der Waals surface area (Å²) in [6.07, 6.45) is 2.23. The molecule has 2 aromatic carbocycles. The molecular weight excluding hydrogens is 396 g/mol. The average Bonchev–Trinajstić information content (AvgIpc) is 3.01. The van der Waals surface area contributed by atoms with Crippen molar-refractivity contribution in [1.82, 2.24) is 10.2 Å². The standard InChI is InChI=1S/C24H26N2O5/c27-21(25-16-18(15-22(28)29)17-9-3-1-4-10-17)13-5-2-8-14-26-23(30)19-11-6-7-12-20(19)24(26)31/h1,3-4,6-7,9-12,18H,2,5,8,13-16H2,(H,25,27)(H,28,29)/t18-/m0/s1. The molecule has 0 aromatic heterocycles. The largest absolute Gasteiger partial charge is 0.481 e. The number of nitrogens with one attached hydrogen (secondary N) is 1. The summed E-state index contributed by atoms with van der Waals surface area (Å²) >= 11 is 0. The van der Waals surface area contributed by atoms with Gasteiger partial charge in [-0.3, -0.25) is 24.1 Å². The number of benzene rings is 2. The first-order chi connectivity index (χ1) is 15.0. The van der Waals surface area contributed by atoms with E-state index in [-0.39, 0.29) is 36.6 Å². The number of unbranched alkanes of at least 4 members (excludes halogenated alkanes) is 2. The van der Waals surface area contributed by atoms with Crippen LogP contribution in [0.25, 0.3) is 0 Å². The van der Waals surface area contributed by atoms with Gasteiger partial charge in [0, 0.05) is 25.4 Å². The fourth-order valence-corrected chi connectivity index (χ4v) is 3.74. The molecule has 2 aromatic rings. The summed E-state index contributed by atoms with van der Waals surface area (Å²) in [5.74, 6) is -1.84. The second-order valence-electron chi connectivity index (χ2n) is 7.63. The highest BCUT2D eigenvalue weighted by atomic mass is 16.4.